The highest BCUT2D eigenvalue weighted by Gasteiger charge is 2.72. The molecule has 0 saturated carbocycles. The van der Waals surface area contributed by atoms with Gasteiger partial charge in [-0.1, -0.05) is 6.07 Å². The van der Waals surface area contributed by atoms with Crippen LogP contribution in [0.25, 0.3) is 0 Å². The average molecular weight is 712 g/mol. The molecule has 2 aromatic carbocycles. The smallest absolute Gasteiger partial charge is 0.342 e. The number of aryl methyl sites for hydroxylation is 1. The molecule has 0 aromatic heterocycles. The molecule has 3 aliphatic carbocycles. The number of methoxy groups -OCH3 is 2. The van der Waals surface area contributed by atoms with Gasteiger partial charge < -0.3 is 49.6 Å². The molecule has 0 bridgehead atoms. The molecule has 8 atom stereocenters. The highest BCUT2D eigenvalue weighted by molar-refractivity contribution is 6.53. The molecule has 1 fully saturated rings. The van der Waals surface area contributed by atoms with Gasteiger partial charge in [0.25, 0.3) is 0 Å². The molecule has 51 heavy (non-hydrogen) atoms. The van der Waals surface area contributed by atoms with E-state index >= 15 is 0 Å². The number of ether oxygens (including phenoxy) is 4. The molecule has 0 radical (unpaired) electrons. The summed E-state index contributed by atoms with van der Waals surface area (Å²) in [5.74, 6) is -8.67. The standard InChI is InChI=1S/C35H37NO15/c1-6-50-33(46)21-12(2)7-14-8-20(39)35(49-5)31(45)23-16(30(44)34(35,47)24(14)28(21)43)9-15-22(27(23)42)19(38)10-18(25(15)40)36-32-17(11-37)26(41)29(48-4)13(3)51-32/h7,9,13,17,20,26,29,32,37,39,41-43,47H,6,8,10-11H2,1-5H3/t13-,17+,20+,26-,29-,32-,34-,35+/m0/s1. The van der Waals surface area contributed by atoms with Crippen molar-refractivity contribution >= 4 is 34.8 Å². The molecule has 0 unspecified atom stereocenters. The van der Waals surface area contributed by atoms with Crippen molar-refractivity contribution in [2.45, 2.75) is 75.5 Å². The Kier molecular flexibility index (Phi) is 9.03. The van der Waals surface area contributed by atoms with Crippen molar-refractivity contribution in [1.82, 2.24) is 0 Å². The first-order valence-electron chi connectivity index (χ1n) is 16.2. The fourth-order valence-corrected chi connectivity index (χ4v) is 8.05. The molecule has 1 heterocycles. The first kappa shape index (κ1) is 36.4. The van der Waals surface area contributed by atoms with Crippen molar-refractivity contribution < 1.29 is 73.6 Å². The summed E-state index contributed by atoms with van der Waals surface area (Å²) in [7, 11) is 2.26. The molecule has 1 aliphatic heterocycles. The van der Waals surface area contributed by atoms with Gasteiger partial charge in [0, 0.05) is 37.3 Å². The van der Waals surface area contributed by atoms with Gasteiger partial charge in [-0.05, 0) is 38.0 Å². The largest absolute Gasteiger partial charge is 0.507 e. The average Bonchev–Trinajstić information content (AvgIpc) is 3.06. The van der Waals surface area contributed by atoms with Gasteiger partial charge >= 0.3 is 5.97 Å². The number of aromatic hydroxyl groups is 2. The van der Waals surface area contributed by atoms with E-state index in [2.05, 4.69) is 4.99 Å². The fraction of sp³-hybridized carbons (Fsp3) is 0.486. The normalized spacial score (nSPS) is 32.3. The number of aliphatic imine (C=N–C) groups is 1. The van der Waals surface area contributed by atoms with E-state index in [9.17, 15) is 54.6 Å². The lowest BCUT2D eigenvalue weighted by molar-refractivity contribution is -0.206. The third-order valence-corrected chi connectivity index (χ3v) is 10.4. The Morgan fingerprint density at radius 1 is 1.04 bits per heavy atom. The second-order valence-corrected chi connectivity index (χ2v) is 13.0. The van der Waals surface area contributed by atoms with Crippen LogP contribution in [0.1, 0.15) is 88.7 Å². The van der Waals surface area contributed by atoms with E-state index in [-0.39, 0.29) is 17.7 Å². The maximum absolute atomic E-state index is 14.6. The molecule has 16 heteroatoms. The van der Waals surface area contributed by atoms with E-state index in [1.54, 1.807) is 6.92 Å². The van der Waals surface area contributed by atoms with Crippen LogP contribution < -0.4 is 0 Å². The number of carbonyl (C=O) groups excluding carboxylic acids is 5. The summed E-state index contributed by atoms with van der Waals surface area (Å²) < 4.78 is 21.6. The molecule has 6 N–H and O–H groups in total. The maximum atomic E-state index is 14.6. The number of aliphatic hydroxyl groups is 4. The highest BCUT2D eigenvalue weighted by atomic mass is 16.6. The molecule has 2 aromatic rings. The van der Waals surface area contributed by atoms with Crippen molar-refractivity contribution in [3.05, 3.63) is 56.6 Å². The Morgan fingerprint density at radius 2 is 1.73 bits per heavy atom. The summed E-state index contributed by atoms with van der Waals surface area (Å²) in [6.45, 7) is 3.83. The zero-order valence-electron chi connectivity index (χ0n) is 28.3. The Hall–Kier alpha value is -4.42. The van der Waals surface area contributed by atoms with Gasteiger partial charge in [0.2, 0.25) is 17.3 Å². The number of fused-ring (bicyclic) bond motifs is 5. The second-order valence-electron chi connectivity index (χ2n) is 13.0. The van der Waals surface area contributed by atoms with Crippen LogP contribution in [0, 0.1) is 12.8 Å². The summed E-state index contributed by atoms with van der Waals surface area (Å²) in [5, 5.41) is 67.7. The summed E-state index contributed by atoms with van der Waals surface area (Å²) in [4.78, 5) is 73.7. The lowest BCUT2D eigenvalue weighted by Gasteiger charge is -2.52. The van der Waals surface area contributed by atoms with E-state index in [1.807, 2.05) is 0 Å². The molecule has 0 spiro atoms. The van der Waals surface area contributed by atoms with Gasteiger partial charge in [-0.3, -0.25) is 24.2 Å². The topological polar surface area (TPSA) is 256 Å². The van der Waals surface area contributed by atoms with Gasteiger partial charge in [-0.15, -0.1) is 0 Å². The predicted molar refractivity (Wildman–Crippen MR) is 171 cm³/mol. The van der Waals surface area contributed by atoms with Crippen molar-refractivity contribution in [3.63, 3.8) is 0 Å². The van der Waals surface area contributed by atoms with Crippen molar-refractivity contribution in [2.75, 3.05) is 27.4 Å². The lowest BCUT2D eigenvalue weighted by Crippen LogP contribution is -2.73. The van der Waals surface area contributed by atoms with Crippen molar-refractivity contribution in [1.29, 1.82) is 0 Å². The molecule has 16 nitrogen and oxygen atoms in total. The quantitative estimate of drug-likeness (QED) is 0.217. The SMILES string of the molecule is CCOC(=O)c1c(C)cc2c(c1O)[C@]1(O)C(=O)c3cc4c(c(O)c3C(=O)[C@]1(OC)[C@H](O)C2)C(=O)CC(=N[C@H]1O[C@@H](C)[C@H](OC)[C@@H](O)[C@H]1CO)C4=O. The number of carbonyl (C=O) groups is 5. The van der Waals surface area contributed by atoms with E-state index in [0.29, 0.717) is 0 Å². The van der Waals surface area contributed by atoms with E-state index < -0.39 is 147 Å². The van der Waals surface area contributed by atoms with Crippen LogP contribution in [0.3, 0.4) is 0 Å². The summed E-state index contributed by atoms with van der Waals surface area (Å²) in [5.41, 5.74) is -10.2. The first-order chi connectivity index (χ1) is 24.1. The summed E-state index contributed by atoms with van der Waals surface area (Å²) >= 11 is 0. The van der Waals surface area contributed by atoms with Crippen LogP contribution in [0.5, 0.6) is 11.5 Å². The van der Waals surface area contributed by atoms with Gasteiger partial charge in [0.1, 0.15) is 23.2 Å². The molecule has 1 saturated heterocycles. The molecule has 6 rings (SSSR count). The van der Waals surface area contributed by atoms with E-state index in [1.165, 1.54) is 27.0 Å². The van der Waals surface area contributed by atoms with Crippen molar-refractivity contribution in [3.8, 4) is 11.5 Å². The minimum atomic E-state index is -3.24. The number of ketones is 4. The molecule has 4 aliphatic rings. The second kappa shape index (κ2) is 12.7. The molecule has 0 amide bonds. The summed E-state index contributed by atoms with van der Waals surface area (Å²) in [6.07, 6.45) is -7.28. The predicted octanol–water partition coefficient (Wildman–Crippen LogP) is 0.0912. The number of aliphatic hydroxyl groups excluding tert-OH is 3. The number of hydrogen-bond acceptors (Lipinski definition) is 16. The number of nitrogens with zero attached hydrogens (tertiary/aromatic N) is 1. The van der Waals surface area contributed by atoms with Crippen molar-refractivity contribution in [2.24, 2.45) is 10.9 Å². The van der Waals surface area contributed by atoms with E-state index in [0.717, 1.165) is 13.2 Å². The number of esters is 1. The Morgan fingerprint density at radius 3 is 2.33 bits per heavy atom. The van der Waals surface area contributed by atoms with Crippen LogP contribution in [0.4, 0.5) is 0 Å². The number of Topliss-reactive ketones (excluding diaryl/α,β-unsaturated/α-hetero) is 4. The van der Waals surface area contributed by atoms with Crippen LogP contribution in [0.15, 0.2) is 17.1 Å². The Labute approximate surface area is 290 Å². The van der Waals surface area contributed by atoms with Crippen LogP contribution >= 0.6 is 0 Å². The van der Waals surface area contributed by atoms with Gasteiger partial charge in [0.15, 0.2) is 23.2 Å². The minimum Gasteiger partial charge on any atom is -0.507 e. The zero-order valence-corrected chi connectivity index (χ0v) is 28.3. The Bertz CT molecular complexity index is 1940. The van der Waals surface area contributed by atoms with E-state index in [4.69, 9.17) is 18.9 Å². The van der Waals surface area contributed by atoms with Gasteiger partial charge in [-0.25, -0.2) is 4.79 Å². The highest BCUT2D eigenvalue weighted by Crippen LogP contribution is 2.56. The number of hydrogen-bond donors (Lipinski definition) is 6. The lowest BCUT2D eigenvalue weighted by atomic mass is 9.56. The molecule has 272 valence electrons. The zero-order chi connectivity index (χ0) is 37.5. The third kappa shape index (κ3) is 4.78. The third-order valence-electron chi connectivity index (χ3n) is 10.4. The van der Waals surface area contributed by atoms with Crippen LogP contribution in [-0.2, 0) is 31.0 Å². The van der Waals surface area contributed by atoms with Crippen LogP contribution in [-0.4, -0.2) is 129 Å². The monoisotopic (exact) mass is 711 g/mol. The van der Waals surface area contributed by atoms with Crippen LogP contribution in [0.2, 0.25) is 0 Å². The van der Waals surface area contributed by atoms with Gasteiger partial charge in [-0.2, -0.15) is 0 Å². The minimum absolute atomic E-state index is 0.00812. The number of phenols is 2. The van der Waals surface area contributed by atoms with Gasteiger partial charge in [0.05, 0.1) is 60.7 Å². The summed E-state index contributed by atoms with van der Waals surface area (Å²) in [6, 6.07) is 2.17. The number of phenolic OH excluding ortho intramolecular Hbond substituents is 2. The number of rotatable bonds is 6. The molecular weight excluding hydrogens is 674 g/mol. The molecular formula is C35H37NO15. The maximum Gasteiger partial charge on any atom is 0.342 e. The fourth-order valence-electron chi connectivity index (χ4n) is 8.05. The first-order valence-corrected chi connectivity index (χ1v) is 16.2. The number of benzene rings is 2. The Balaban J connectivity index is 1.54.